The molecule has 17 heavy (non-hydrogen) atoms. The first-order valence-electron chi connectivity index (χ1n) is 5.87. The molecule has 2 heterocycles. The van der Waals surface area contributed by atoms with Crippen molar-refractivity contribution in [3.05, 3.63) is 24.4 Å². The van der Waals surface area contributed by atoms with Gasteiger partial charge in [0, 0.05) is 12.1 Å². The molecule has 1 atom stereocenters. The Labute approximate surface area is 101 Å². The second-order valence-corrected chi connectivity index (χ2v) is 4.41. The number of aromatic nitrogens is 3. The smallest absolute Gasteiger partial charge is 0.154 e. The van der Waals surface area contributed by atoms with Crippen LogP contribution in [-0.2, 0) is 0 Å². The highest BCUT2D eigenvalue weighted by Crippen LogP contribution is 2.24. The fraction of sp³-hybridized carbons (Fsp3) is 0.500. The third-order valence-electron chi connectivity index (χ3n) is 2.82. The van der Waals surface area contributed by atoms with Crippen molar-refractivity contribution < 1.29 is 4.52 Å². The van der Waals surface area contributed by atoms with Gasteiger partial charge in [0.1, 0.15) is 5.69 Å². The first-order chi connectivity index (χ1) is 8.13. The molecule has 1 unspecified atom stereocenters. The number of nitrogens with two attached hydrogens (primary N) is 1. The van der Waals surface area contributed by atoms with Crippen LogP contribution in [0.1, 0.15) is 45.0 Å². The normalized spacial score (nSPS) is 13.2. The van der Waals surface area contributed by atoms with Crippen molar-refractivity contribution in [2.45, 2.75) is 39.3 Å². The van der Waals surface area contributed by atoms with E-state index in [2.05, 4.69) is 28.6 Å². The van der Waals surface area contributed by atoms with Crippen molar-refractivity contribution in [3.8, 4) is 11.4 Å². The van der Waals surface area contributed by atoms with Crippen molar-refractivity contribution in [1.82, 2.24) is 14.7 Å². The lowest BCUT2D eigenvalue weighted by Crippen LogP contribution is -2.07. The van der Waals surface area contributed by atoms with E-state index < -0.39 is 0 Å². The molecule has 2 N–H and O–H groups in total. The lowest BCUT2D eigenvalue weighted by molar-refractivity contribution is 0.360. The number of hydrogen-bond acceptors (Lipinski definition) is 4. The molecule has 0 amide bonds. The molecule has 0 bridgehead atoms. The maximum atomic E-state index is 5.90. The minimum atomic E-state index is -0.0910. The van der Waals surface area contributed by atoms with Gasteiger partial charge in [0.2, 0.25) is 0 Å². The van der Waals surface area contributed by atoms with Crippen molar-refractivity contribution in [1.29, 1.82) is 0 Å². The molecule has 0 aliphatic heterocycles. The number of nitrogens with zero attached hydrogens (tertiary/aromatic N) is 3. The first kappa shape index (κ1) is 11.9. The predicted octanol–water partition coefficient (Wildman–Crippen LogP) is 2.53. The first-order valence-corrected chi connectivity index (χ1v) is 5.87. The molecule has 0 spiro atoms. The zero-order valence-electron chi connectivity index (χ0n) is 10.4. The highest BCUT2D eigenvalue weighted by Gasteiger charge is 2.15. The summed E-state index contributed by atoms with van der Waals surface area (Å²) in [6.07, 6.45) is 4.42. The number of hydrogen-bond donors (Lipinski definition) is 1. The van der Waals surface area contributed by atoms with Crippen LogP contribution < -0.4 is 5.73 Å². The molecule has 2 aromatic rings. The van der Waals surface area contributed by atoms with Gasteiger partial charge < -0.3 is 14.8 Å². The van der Waals surface area contributed by atoms with Crippen LogP contribution in [0.15, 0.2) is 23.1 Å². The zero-order valence-corrected chi connectivity index (χ0v) is 10.4. The van der Waals surface area contributed by atoms with E-state index in [0.29, 0.717) is 6.04 Å². The summed E-state index contributed by atoms with van der Waals surface area (Å²) in [6.45, 7) is 6.22. The summed E-state index contributed by atoms with van der Waals surface area (Å²) in [6, 6.07) is 2.14. The Morgan fingerprint density at radius 1 is 1.47 bits per heavy atom. The molecule has 0 aliphatic rings. The van der Waals surface area contributed by atoms with Gasteiger partial charge in [0.15, 0.2) is 5.76 Å². The Morgan fingerprint density at radius 3 is 2.88 bits per heavy atom. The topological polar surface area (TPSA) is 69.9 Å². The zero-order chi connectivity index (χ0) is 12.4. The second kappa shape index (κ2) is 4.71. The van der Waals surface area contributed by atoms with E-state index >= 15 is 0 Å². The second-order valence-electron chi connectivity index (χ2n) is 4.41. The maximum absolute atomic E-state index is 5.90. The molecule has 5 heteroatoms. The molecule has 2 aromatic heterocycles. The summed E-state index contributed by atoms with van der Waals surface area (Å²) in [7, 11) is 0. The maximum Gasteiger partial charge on any atom is 0.154 e. The van der Waals surface area contributed by atoms with Crippen molar-refractivity contribution in [2.75, 3.05) is 0 Å². The number of rotatable bonds is 4. The number of imidazole rings is 1. The lowest BCUT2D eigenvalue weighted by Gasteiger charge is -2.09. The minimum absolute atomic E-state index is 0.0910. The predicted molar refractivity (Wildman–Crippen MR) is 65.3 cm³/mol. The van der Waals surface area contributed by atoms with Gasteiger partial charge in [0.05, 0.1) is 24.3 Å². The van der Waals surface area contributed by atoms with Crippen LogP contribution in [0.3, 0.4) is 0 Å². The van der Waals surface area contributed by atoms with E-state index in [4.69, 9.17) is 10.3 Å². The lowest BCUT2D eigenvalue weighted by atomic mass is 10.1. The third kappa shape index (κ3) is 2.24. The monoisotopic (exact) mass is 234 g/mol. The van der Waals surface area contributed by atoms with Gasteiger partial charge in [-0.25, -0.2) is 4.98 Å². The third-order valence-corrected chi connectivity index (χ3v) is 2.82. The average molecular weight is 234 g/mol. The van der Waals surface area contributed by atoms with E-state index in [1.807, 2.05) is 13.0 Å². The van der Waals surface area contributed by atoms with Crippen LogP contribution in [0, 0.1) is 0 Å². The van der Waals surface area contributed by atoms with Crippen LogP contribution in [0.25, 0.3) is 11.4 Å². The van der Waals surface area contributed by atoms with Crippen LogP contribution in [0.4, 0.5) is 0 Å². The molecule has 0 aliphatic carbocycles. The Bertz CT molecular complexity index is 486. The SMILES string of the molecule is CCC(N)c1cc(-c2cncn2C(C)C)no1. The van der Waals surface area contributed by atoms with Crippen LogP contribution >= 0.6 is 0 Å². The highest BCUT2D eigenvalue weighted by molar-refractivity contribution is 5.53. The van der Waals surface area contributed by atoms with Gasteiger partial charge in [-0.2, -0.15) is 0 Å². The Morgan fingerprint density at radius 2 is 2.24 bits per heavy atom. The van der Waals surface area contributed by atoms with E-state index in [-0.39, 0.29) is 6.04 Å². The van der Waals surface area contributed by atoms with Gasteiger partial charge in [-0.1, -0.05) is 12.1 Å². The van der Waals surface area contributed by atoms with Gasteiger partial charge in [0.25, 0.3) is 0 Å². The largest absolute Gasteiger partial charge is 0.359 e. The Balaban J connectivity index is 2.34. The van der Waals surface area contributed by atoms with E-state index in [9.17, 15) is 0 Å². The van der Waals surface area contributed by atoms with E-state index in [1.165, 1.54) is 0 Å². The van der Waals surface area contributed by atoms with E-state index in [0.717, 1.165) is 23.6 Å². The standard InChI is InChI=1S/C12H18N4O/c1-4-9(13)12-5-10(15-17-12)11-6-14-7-16(11)8(2)3/h5-9H,4,13H2,1-3H3. The highest BCUT2D eigenvalue weighted by atomic mass is 16.5. The summed E-state index contributed by atoms with van der Waals surface area (Å²) in [5.74, 6) is 0.721. The Kier molecular flexibility index (Phi) is 3.28. The summed E-state index contributed by atoms with van der Waals surface area (Å²) < 4.78 is 7.31. The molecule has 92 valence electrons. The molecular weight excluding hydrogens is 216 g/mol. The molecular formula is C12H18N4O. The van der Waals surface area contributed by atoms with Gasteiger partial charge in [-0.15, -0.1) is 0 Å². The Hall–Kier alpha value is -1.62. The molecule has 5 nitrogen and oxygen atoms in total. The van der Waals surface area contributed by atoms with Crippen molar-refractivity contribution in [3.63, 3.8) is 0 Å². The van der Waals surface area contributed by atoms with Crippen LogP contribution in [-0.4, -0.2) is 14.7 Å². The molecule has 0 fully saturated rings. The fourth-order valence-corrected chi connectivity index (χ4v) is 1.70. The molecule has 0 saturated carbocycles. The molecule has 0 radical (unpaired) electrons. The summed E-state index contributed by atoms with van der Waals surface area (Å²) >= 11 is 0. The van der Waals surface area contributed by atoms with Crippen LogP contribution in [0.2, 0.25) is 0 Å². The quantitative estimate of drug-likeness (QED) is 0.882. The fourth-order valence-electron chi connectivity index (χ4n) is 1.70. The van der Waals surface area contributed by atoms with Gasteiger partial charge in [-0.3, -0.25) is 0 Å². The molecule has 0 saturated heterocycles. The van der Waals surface area contributed by atoms with Gasteiger partial charge >= 0.3 is 0 Å². The van der Waals surface area contributed by atoms with Crippen LogP contribution in [0.5, 0.6) is 0 Å². The van der Waals surface area contributed by atoms with E-state index in [1.54, 1.807) is 12.5 Å². The minimum Gasteiger partial charge on any atom is -0.359 e. The summed E-state index contributed by atoms with van der Waals surface area (Å²) in [5.41, 5.74) is 7.65. The summed E-state index contributed by atoms with van der Waals surface area (Å²) in [5, 5.41) is 4.05. The average Bonchev–Trinajstić information content (AvgIpc) is 2.95. The molecule has 2 rings (SSSR count). The summed E-state index contributed by atoms with van der Waals surface area (Å²) in [4.78, 5) is 4.14. The van der Waals surface area contributed by atoms with Gasteiger partial charge in [-0.05, 0) is 20.3 Å². The molecule has 0 aromatic carbocycles. The van der Waals surface area contributed by atoms with Crippen molar-refractivity contribution >= 4 is 0 Å². The van der Waals surface area contributed by atoms with Crippen molar-refractivity contribution in [2.24, 2.45) is 5.73 Å².